The van der Waals surface area contributed by atoms with E-state index in [1.807, 2.05) is 13.0 Å². The Bertz CT molecular complexity index is 680. The van der Waals surface area contributed by atoms with E-state index in [0.717, 1.165) is 36.2 Å². The van der Waals surface area contributed by atoms with Gasteiger partial charge in [-0.1, -0.05) is 17.7 Å². The van der Waals surface area contributed by atoms with E-state index in [9.17, 15) is 0 Å². The zero-order chi connectivity index (χ0) is 16.4. The molecule has 0 saturated carbocycles. The Labute approximate surface area is 139 Å². The van der Waals surface area contributed by atoms with Crippen LogP contribution in [0.4, 0.5) is 17.5 Å². The summed E-state index contributed by atoms with van der Waals surface area (Å²) in [5, 5.41) is 3.51. The van der Waals surface area contributed by atoms with Gasteiger partial charge in [0.1, 0.15) is 5.82 Å². The maximum Gasteiger partial charge on any atom is 0.227 e. The summed E-state index contributed by atoms with van der Waals surface area (Å²) in [5.74, 6) is 1.74. The number of nitrogens with one attached hydrogen (secondary N) is 1. The minimum absolute atomic E-state index is 0.856. The molecule has 2 aromatic rings. The second kappa shape index (κ2) is 6.57. The van der Waals surface area contributed by atoms with Crippen LogP contribution in [0.15, 0.2) is 18.2 Å². The van der Waals surface area contributed by atoms with Crippen molar-refractivity contribution in [3.63, 3.8) is 0 Å². The average Bonchev–Trinajstić information content (AvgIpc) is 2.51. The Balaban J connectivity index is 1.90. The number of benzene rings is 1. The van der Waals surface area contributed by atoms with Crippen molar-refractivity contribution in [2.24, 2.45) is 0 Å². The van der Waals surface area contributed by atoms with Crippen LogP contribution in [0.25, 0.3) is 0 Å². The molecule has 0 spiro atoms. The van der Waals surface area contributed by atoms with Gasteiger partial charge in [0.15, 0.2) is 0 Å². The monoisotopic (exact) mass is 310 g/mol. The molecule has 1 aliphatic heterocycles. The molecule has 1 fully saturated rings. The quantitative estimate of drug-likeness (QED) is 0.909. The summed E-state index contributed by atoms with van der Waals surface area (Å²) in [5.41, 5.74) is 5.94. The summed E-state index contributed by atoms with van der Waals surface area (Å²) in [6.45, 7) is 10.6. The summed E-state index contributed by atoms with van der Waals surface area (Å²) in [7, 11) is 0. The summed E-state index contributed by atoms with van der Waals surface area (Å²) in [6, 6.07) is 6.43. The van der Waals surface area contributed by atoms with Crippen molar-refractivity contribution < 1.29 is 0 Å². The molecule has 1 aromatic carbocycles. The number of anilines is 3. The van der Waals surface area contributed by atoms with Crippen LogP contribution in [-0.4, -0.2) is 23.1 Å². The Kier molecular flexibility index (Phi) is 4.51. The normalized spacial score (nSPS) is 14.9. The van der Waals surface area contributed by atoms with E-state index in [0.29, 0.717) is 0 Å². The molecule has 1 N–H and O–H groups in total. The number of nitrogens with zero attached hydrogens (tertiary/aromatic N) is 3. The largest absolute Gasteiger partial charge is 0.341 e. The van der Waals surface area contributed by atoms with E-state index in [4.69, 9.17) is 4.98 Å². The molecule has 23 heavy (non-hydrogen) atoms. The molecule has 122 valence electrons. The molecule has 0 aliphatic carbocycles. The first-order chi connectivity index (χ1) is 11.0. The first-order valence-electron chi connectivity index (χ1n) is 8.48. The van der Waals surface area contributed by atoms with Gasteiger partial charge < -0.3 is 10.2 Å². The van der Waals surface area contributed by atoms with Gasteiger partial charge in [0.05, 0.1) is 0 Å². The number of piperidine rings is 1. The van der Waals surface area contributed by atoms with Gasteiger partial charge in [-0.15, -0.1) is 0 Å². The number of aromatic nitrogens is 2. The molecular formula is C19H26N4. The van der Waals surface area contributed by atoms with Gasteiger partial charge in [-0.2, -0.15) is 4.98 Å². The molecule has 0 atom stereocenters. The van der Waals surface area contributed by atoms with Gasteiger partial charge in [-0.05, 0) is 58.1 Å². The summed E-state index contributed by atoms with van der Waals surface area (Å²) >= 11 is 0. The van der Waals surface area contributed by atoms with E-state index in [-0.39, 0.29) is 0 Å². The minimum Gasteiger partial charge on any atom is -0.341 e. The molecule has 0 unspecified atom stereocenters. The van der Waals surface area contributed by atoms with Crippen molar-refractivity contribution in [2.45, 2.75) is 47.0 Å². The first kappa shape index (κ1) is 15.8. The second-order valence-electron chi connectivity index (χ2n) is 6.64. The Hall–Kier alpha value is -2.10. The fourth-order valence-corrected chi connectivity index (χ4v) is 3.36. The maximum atomic E-state index is 4.76. The van der Waals surface area contributed by atoms with Gasteiger partial charge in [0.25, 0.3) is 0 Å². The van der Waals surface area contributed by atoms with Gasteiger partial charge in [0, 0.05) is 30.5 Å². The van der Waals surface area contributed by atoms with Crippen molar-refractivity contribution in [1.29, 1.82) is 0 Å². The zero-order valence-corrected chi connectivity index (χ0v) is 14.6. The summed E-state index contributed by atoms with van der Waals surface area (Å²) < 4.78 is 0. The highest BCUT2D eigenvalue weighted by Crippen LogP contribution is 2.26. The van der Waals surface area contributed by atoms with Crippen LogP contribution >= 0.6 is 0 Å². The molecule has 4 nitrogen and oxygen atoms in total. The highest BCUT2D eigenvalue weighted by molar-refractivity contribution is 5.66. The number of aryl methyl sites for hydroxylation is 4. The Morgan fingerprint density at radius 1 is 0.870 bits per heavy atom. The lowest BCUT2D eigenvalue weighted by Gasteiger charge is -2.27. The SMILES string of the molecule is Cc1cc(C)c(Nc2cc(C)nc(N3CCCCC3)n2)c(C)c1. The molecule has 4 heteroatoms. The predicted octanol–water partition coefficient (Wildman–Crippen LogP) is 4.44. The van der Waals surface area contributed by atoms with Gasteiger partial charge in [-0.3, -0.25) is 0 Å². The average molecular weight is 310 g/mol. The van der Waals surface area contributed by atoms with E-state index in [1.54, 1.807) is 0 Å². The number of hydrogen-bond acceptors (Lipinski definition) is 4. The van der Waals surface area contributed by atoms with Crippen LogP contribution < -0.4 is 10.2 Å². The van der Waals surface area contributed by atoms with Crippen LogP contribution in [0.2, 0.25) is 0 Å². The third-order valence-corrected chi connectivity index (χ3v) is 4.41. The van der Waals surface area contributed by atoms with Crippen molar-refractivity contribution in [3.05, 3.63) is 40.6 Å². The number of hydrogen-bond donors (Lipinski definition) is 1. The lowest BCUT2D eigenvalue weighted by molar-refractivity contribution is 0.568. The van der Waals surface area contributed by atoms with Crippen molar-refractivity contribution >= 4 is 17.5 Å². The molecule has 0 amide bonds. The fraction of sp³-hybridized carbons (Fsp3) is 0.474. The van der Waals surface area contributed by atoms with Crippen LogP contribution in [0, 0.1) is 27.7 Å². The third-order valence-electron chi connectivity index (χ3n) is 4.41. The van der Waals surface area contributed by atoms with Crippen LogP contribution in [0.3, 0.4) is 0 Å². The van der Waals surface area contributed by atoms with Crippen LogP contribution in [-0.2, 0) is 0 Å². The lowest BCUT2D eigenvalue weighted by atomic mass is 10.1. The smallest absolute Gasteiger partial charge is 0.227 e. The van der Waals surface area contributed by atoms with Gasteiger partial charge >= 0.3 is 0 Å². The van der Waals surface area contributed by atoms with E-state index < -0.39 is 0 Å². The highest BCUT2D eigenvalue weighted by Gasteiger charge is 2.15. The van der Waals surface area contributed by atoms with E-state index in [2.05, 4.69) is 48.1 Å². The van der Waals surface area contributed by atoms with Gasteiger partial charge in [-0.25, -0.2) is 4.98 Å². The van der Waals surface area contributed by atoms with Crippen LogP contribution in [0.5, 0.6) is 0 Å². The van der Waals surface area contributed by atoms with E-state index >= 15 is 0 Å². The minimum atomic E-state index is 0.856. The molecule has 3 rings (SSSR count). The molecule has 1 aromatic heterocycles. The van der Waals surface area contributed by atoms with Crippen molar-refractivity contribution in [3.8, 4) is 0 Å². The lowest BCUT2D eigenvalue weighted by Crippen LogP contribution is -2.31. The molecule has 1 saturated heterocycles. The molecule has 1 aliphatic rings. The van der Waals surface area contributed by atoms with Crippen molar-refractivity contribution in [1.82, 2.24) is 9.97 Å². The Morgan fingerprint density at radius 2 is 1.52 bits per heavy atom. The summed E-state index contributed by atoms with van der Waals surface area (Å²) in [4.78, 5) is 11.7. The second-order valence-corrected chi connectivity index (χ2v) is 6.64. The first-order valence-corrected chi connectivity index (χ1v) is 8.48. The Morgan fingerprint density at radius 3 is 2.17 bits per heavy atom. The molecule has 2 heterocycles. The number of rotatable bonds is 3. The topological polar surface area (TPSA) is 41.1 Å². The van der Waals surface area contributed by atoms with Crippen molar-refractivity contribution in [2.75, 3.05) is 23.3 Å². The highest BCUT2D eigenvalue weighted by atomic mass is 15.3. The van der Waals surface area contributed by atoms with Crippen LogP contribution in [0.1, 0.15) is 41.6 Å². The zero-order valence-electron chi connectivity index (χ0n) is 14.6. The van der Waals surface area contributed by atoms with Gasteiger partial charge in [0.2, 0.25) is 5.95 Å². The molecular weight excluding hydrogens is 284 g/mol. The third kappa shape index (κ3) is 3.63. The predicted molar refractivity (Wildman–Crippen MR) is 96.8 cm³/mol. The molecule has 0 radical (unpaired) electrons. The maximum absolute atomic E-state index is 4.76. The summed E-state index contributed by atoms with van der Waals surface area (Å²) in [6.07, 6.45) is 3.78. The van der Waals surface area contributed by atoms with E-state index in [1.165, 1.54) is 36.0 Å². The molecule has 0 bridgehead atoms. The fourth-order valence-electron chi connectivity index (χ4n) is 3.36. The standard InChI is InChI=1S/C19H26N4/c1-13-10-14(2)18(15(3)11-13)21-17-12-16(4)20-19(22-17)23-8-6-5-7-9-23/h10-12H,5-9H2,1-4H3,(H,20,21,22).